The highest BCUT2D eigenvalue weighted by Crippen LogP contribution is 2.31. The third kappa shape index (κ3) is 7.12. The molecule has 0 saturated heterocycles. The zero-order chi connectivity index (χ0) is 26.6. The molecule has 0 fully saturated rings. The number of carbonyl (C=O) groups is 2. The lowest BCUT2D eigenvalue weighted by Crippen LogP contribution is -2.36. The van der Waals surface area contributed by atoms with E-state index in [1.165, 1.54) is 11.8 Å². The maximum Gasteiger partial charge on any atom is 0.412 e. The lowest BCUT2D eigenvalue weighted by molar-refractivity contribution is -0.116. The minimum atomic E-state index is -0.597. The number of carbonyl (C=O) groups excluding carboxylic acids is 2. The Balaban J connectivity index is 1.55. The molecule has 0 unspecified atom stereocenters. The number of nitrogens with zero attached hydrogens (tertiary/aromatic N) is 2. The number of fused-ring (bicyclic) bond motifs is 1. The lowest BCUT2D eigenvalue weighted by atomic mass is 10.1. The molecule has 0 atom stereocenters. The molecule has 2 N–H and O–H groups in total. The molecular formula is C27H25ClN4O4S. The second kappa shape index (κ2) is 11.1. The topological polar surface area (TPSA) is 102 Å². The summed E-state index contributed by atoms with van der Waals surface area (Å²) in [4.78, 5) is 39.5. The molecule has 1 heterocycles. The van der Waals surface area contributed by atoms with Crippen LogP contribution in [0, 0.1) is 0 Å². The number of hydrogen-bond donors (Lipinski definition) is 2. The Morgan fingerprint density at radius 3 is 2.27 bits per heavy atom. The van der Waals surface area contributed by atoms with Crippen molar-refractivity contribution in [2.45, 2.75) is 42.7 Å². The van der Waals surface area contributed by atoms with Gasteiger partial charge in [0.05, 0.1) is 11.8 Å². The van der Waals surface area contributed by atoms with E-state index < -0.39 is 17.3 Å². The standard InChI is InChI=1S/C27H25ClN4O4S/c1-27(2,3)36-26(35)29-19-12-14-20(15-13-19)37-24-21-6-4-5-7-22(21)25(34)32(31-24)30-23(33)16-17-8-10-18(28)11-9-17/h4-15H,16H2,1-3H3,(H,29,35)(H,30,33). The minimum absolute atomic E-state index is 0.0622. The summed E-state index contributed by atoms with van der Waals surface area (Å²) in [5.41, 5.74) is 2.90. The van der Waals surface area contributed by atoms with E-state index in [1.54, 1.807) is 69.3 Å². The Morgan fingerprint density at radius 2 is 1.62 bits per heavy atom. The predicted octanol–water partition coefficient (Wildman–Crippen LogP) is 5.86. The molecule has 37 heavy (non-hydrogen) atoms. The van der Waals surface area contributed by atoms with E-state index in [-0.39, 0.29) is 12.3 Å². The highest BCUT2D eigenvalue weighted by Gasteiger charge is 2.17. The summed E-state index contributed by atoms with van der Waals surface area (Å²) in [5, 5.41) is 9.32. The van der Waals surface area contributed by atoms with Crippen molar-refractivity contribution >= 4 is 51.8 Å². The first-order valence-electron chi connectivity index (χ1n) is 11.4. The van der Waals surface area contributed by atoms with Gasteiger partial charge < -0.3 is 4.74 Å². The second-order valence-corrected chi connectivity index (χ2v) is 10.7. The average Bonchev–Trinajstić information content (AvgIpc) is 2.83. The summed E-state index contributed by atoms with van der Waals surface area (Å²) < 4.78 is 5.28. The first-order chi connectivity index (χ1) is 17.6. The minimum Gasteiger partial charge on any atom is -0.444 e. The number of aromatic nitrogens is 2. The van der Waals surface area contributed by atoms with E-state index in [4.69, 9.17) is 16.3 Å². The number of halogens is 1. The van der Waals surface area contributed by atoms with Crippen molar-refractivity contribution in [2.24, 2.45) is 0 Å². The fourth-order valence-corrected chi connectivity index (χ4v) is 4.43. The first kappa shape index (κ1) is 26.2. The molecule has 190 valence electrons. The summed E-state index contributed by atoms with van der Waals surface area (Å²) in [7, 11) is 0. The van der Waals surface area contributed by atoms with Crippen LogP contribution in [0.4, 0.5) is 10.5 Å². The summed E-state index contributed by atoms with van der Waals surface area (Å²) in [6.07, 6.45) is -0.478. The molecule has 1 aromatic heterocycles. The molecule has 0 spiro atoms. The van der Waals surface area contributed by atoms with Crippen LogP contribution in [0.25, 0.3) is 10.8 Å². The summed E-state index contributed by atoms with van der Waals surface area (Å²) in [5.74, 6) is -0.388. The molecular weight excluding hydrogens is 512 g/mol. The first-order valence-corrected chi connectivity index (χ1v) is 12.6. The van der Waals surface area contributed by atoms with E-state index in [0.29, 0.717) is 26.5 Å². The number of ether oxygens (including phenoxy) is 1. The van der Waals surface area contributed by atoms with Crippen LogP contribution in [0.2, 0.25) is 5.02 Å². The molecule has 0 radical (unpaired) electrons. The SMILES string of the molecule is CC(C)(C)OC(=O)Nc1ccc(Sc2nn(NC(=O)Cc3ccc(Cl)cc3)c(=O)c3ccccc23)cc1. The van der Waals surface area contributed by atoms with Gasteiger partial charge in [-0.2, -0.15) is 0 Å². The van der Waals surface area contributed by atoms with Crippen LogP contribution >= 0.6 is 23.4 Å². The number of anilines is 1. The lowest BCUT2D eigenvalue weighted by Gasteiger charge is -2.19. The van der Waals surface area contributed by atoms with Gasteiger partial charge in [0.2, 0.25) is 5.91 Å². The van der Waals surface area contributed by atoms with E-state index in [1.807, 2.05) is 24.3 Å². The van der Waals surface area contributed by atoms with Crippen molar-refractivity contribution in [3.05, 3.63) is 93.7 Å². The number of rotatable bonds is 6. The molecule has 0 bridgehead atoms. The van der Waals surface area contributed by atoms with Crippen molar-refractivity contribution < 1.29 is 14.3 Å². The van der Waals surface area contributed by atoms with Crippen LogP contribution in [-0.4, -0.2) is 27.5 Å². The Hall–Kier alpha value is -3.82. The maximum atomic E-state index is 13.0. The Morgan fingerprint density at radius 1 is 0.973 bits per heavy atom. The van der Waals surface area contributed by atoms with Gasteiger partial charge >= 0.3 is 6.09 Å². The molecule has 0 saturated carbocycles. The van der Waals surface area contributed by atoms with E-state index >= 15 is 0 Å². The van der Waals surface area contributed by atoms with Gasteiger partial charge in [-0.25, -0.2) is 10.2 Å². The molecule has 4 rings (SSSR count). The molecule has 0 aliphatic rings. The smallest absolute Gasteiger partial charge is 0.412 e. The van der Waals surface area contributed by atoms with E-state index in [0.717, 1.165) is 15.2 Å². The van der Waals surface area contributed by atoms with Gasteiger partial charge in [-0.15, -0.1) is 9.89 Å². The summed E-state index contributed by atoms with van der Waals surface area (Å²) >= 11 is 7.24. The monoisotopic (exact) mass is 536 g/mol. The second-order valence-electron chi connectivity index (χ2n) is 9.16. The van der Waals surface area contributed by atoms with Crippen LogP contribution in [0.3, 0.4) is 0 Å². The Bertz CT molecular complexity index is 1500. The van der Waals surface area contributed by atoms with Crippen molar-refractivity contribution in [3.63, 3.8) is 0 Å². The number of amides is 2. The van der Waals surface area contributed by atoms with Crippen molar-refractivity contribution in [2.75, 3.05) is 10.7 Å². The van der Waals surface area contributed by atoms with Crippen molar-refractivity contribution in [1.82, 2.24) is 9.89 Å². The van der Waals surface area contributed by atoms with Gasteiger partial charge in [0.1, 0.15) is 10.6 Å². The highest BCUT2D eigenvalue weighted by atomic mass is 35.5. The van der Waals surface area contributed by atoms with Crippen molar-refractivity contribution in [3.8, 4) is 0 Å². The average molecular weight is 537 g/mol. The van der Waals surface area contributed by atoms with Crippen LogP contribution in [0.1, 0.15) is 26.3 Å². The van der Waals surface area contributed by atoms with Crippen LogP contribution in [-0.2, 0) is 16.0 Å². The van der Waals surface area contributed by atoms with Gasteiger partial charge in [0.15, 0.2) is 0 Å². The van der Waals surface area contributed by atoms with Crippen molar-refractivity contribution in [1.29, 1.82) is 0 Å². The molecule has 0 aliphatic heterocycles. The maximum absolute atomic E-state index is 13.0. The quantitative estimate of drug-likeness (QED) is 0.320. The van der Waals surface area contributed by atoms with Gasteiger partial charge in [-0.1, -0.05) is 53.7 Å². The van der Waals surface area contributed by atoms with Gasteiger partial charge in [-0.3, -0.25) is 14.9 Å². The molecule has 8 nitrogen and oxygen atoms in total. The fourth-order valence-electron chi connectivity index (χ4n) is 3.40. The number of benzene rings is 3. The largest absolute Gasteiger partial charge is 0.444 e. The predicted molar refractivity (Wildman–Crippen MR) is 146 cm³/mol. The third-order valence-corrected chi connectivity index (χ3v) is 6.25. The normalized spacial score (nSPS) is 11.2. The van der Waals surface area contributed by atoms with Crippen LogP contribution in [0.5, 0.6) is 0 Å². The number of nitrogens with one attached hydrogen (secondary N) is 2. The van der Waals surface area contributed by atoms with Crippen LogP contribution in [0.15, 0.2) is 87.5 Å². The zero-order valence-electron chi connectivity index (χ0n) is 20.4. The Labute approximate surface area is 222 Å². The summed E-state index contributed by atoms with van der Waals surface area (Å²) in [6, 6.07) is 21.1. The molecule has 3 aromatic carbocycles. The molecule has 0 aliphatic carbocycles. The number of hydrogen-bond acceptors (Lipinski definition) is 6. The fraction of sp³-hybridized carbons (Fsp3) is 0.185. The van der Waals surface area contributed by atoms with E-state index in [9.17, 15) is 14.4 Å². The molecule has 10 heteroatoms. The van der Waals surface area contributed by atoms with Gasteiger partial charge in [0, 0.05) is 21.0 Å². The molecule has 2 amide bonds. The molecule has 4 aromatic rings. The third-order valence-electron chi connectivity index (χ3n) is 4.99. The van der Waals surface area contributed by atoms with Gasteiger partial charge in [-0.05, 0) is 68.8 Å². The zero-order valence-corrected chi connectivity index (χ0v) is 22.0. The Kier molecular flexibility index (Phi) is 7.85. The van der Waals surface area contributed by atoms with E-state index in [2.05, 4.69) is 15.8 Å². The van der Waals surface area contributed by atoms with Crippen LogP contribution < -0.4 is 16.3 Å². The highest BCUT2D eigenvalue weighted by molar-refractivity contribution is 7.99. The summed E-state index contributed by atoms with van der Waals surface area (Å²) in [6.45, 7) is 5.38. The van der Waals surface area contributed by atoms with Gasteiger partial charge in [0.25, 0.3) is 5.56 Å².